The molecule has 2 aromatic rings. The van der Waals surface area contributed by atoms with E-state index in [9.17, 15) is 5.11 Å². The minimum Gasteiger partial charge on any atom is -0.489 e. The monoisotopic (exact) mass is 430 g/mol. The number of anilines is 1. The van der Waals surface area contributed by atoms with Gasteiger partial charge in [-0.15, -0.1) is 0 Å². The summed E-state index contributed by atoms with van der Waals surface area (Å²) in [5.41, 5.74) is 2.13. The van der Waals surface area contributed by atoms with Crippen LogP contribution >= 0.6 is 11.6 Å². The van der Waals surface area contributed by atoms with Gasteiger partial charge in [0.15, 0.2) is 0 Å². The lowest BCUT2D eigenvalue weighted by Gasteiger charge is -2.34. The number of nitrogens with zero attached hydrogens (tertiary/aromatic N) is 3. The van der Waals surface area contributed by atoms with Gasteiger partial charge in [-0.05, 0) is 70.7 Å². The highest BCUT2D eigenvalue weighted by Crippen LogP contribution is 2.34. The van der Waals surface area contributed by atoms with Crippen molar-refractivity contribution in [2.45, 2.75) is 63.2 Å². The Hall–Kier alpha value is -1.89. The normalized spacial score (nSPS) is 25.8. The lowest BCUT2D eigenvalue weighted by molar-refractivity contribution is 0.0196. The van der Waals surface area contributed by atoms with Crippen molar-refractivity contribution >= 4 is 17.3 Å². The second-order valence-corrected chi connectivity index (χ2v) is 9.36. The molecule has 2 aromatic heterocycles. The van der Waals surface area contributed by atoms with Crippen LogP contribution in [0.2, 0.25) is 5.15 Å². The Kier molecular flexibility index (Phi) is 6.46. The molecule has 1 aliphatic heterocycles. The van der Waals surface area contributed by atoms with Crippen LogP contribution in [0.15, 0.2) is 30.6 Å². The summed E-state index contributed by atoms with van der Waals surface area (Å²) < 4.78 is 6.12. The molecule has 2 N–H and O–H groups in total. The van der Waals surface area contributed by atoms with Gasteiger partial charge in [0, 0.05) is 36.6 Å². The predicted molar refractivity (Wildman–Crippen MR) is 120 cm³/mol. The first kappa shape index (κ1) is 21.3. The molecule has 0 spiro atoms. The van der Waals surface area contributed by atoms with Crippen LogP contribution in [0.4, 0.5) is 5.69 Å². The SMILES string of the molecule is CN1CCC(Oc2ccc(-c3cnc(Cl)cc3NC3CCC(C)(O)CC3)nc2)CC1. The summed E-state index contributed by atoms with van der Waals surface area (Å²) >= 11 is 6.18. The highest BCUT2D eigenvalue weighted by molar-refractivity contribution is 6.29. The summed E-state index contributed by atoms with van der Waals surface area (Å²) in [7, 11) is 2.15. The van der Waals surface area contributed by atoms with Gasteiger partial charge in [-0.1, -0.05) is 11.6 Å². The number of likely N-dealkylation sites (tertiary alicyclic amines) is 1. The molecular formula is C23H31ClN4O2. The highest BCUT2D eigenvalue weighted by Gasteiger charge is 2.29. The quantitative estimate of drug-likeness (QED) is 0.686. The lowest BCUT2D eigenvalue weighted by Crippen LogP contribution is -2.35. The van der Waals surface area contributed by atoms with E-state index in [0.29, 0.717) is 11.2 Å². The first-order chi connectivity index (χ1) is 14.4. The molecule has 0 aromatic carbocycles. The average Bonchev–Trinajstić information content (AvgIpc) is 2.72. The minimum atomic E-state index is -0.554. The third-order valence-corrected chi connectivity index (χ3v) is 6.48. The van der Waals surface area contributed by atoms with Gasteiger partial charge in [-0.25, -0.2) is 4.98 Å². The third-order valence-electron chi connectivity index (χ3n) is 6.27. The van der Waals surface area contributed by atoms with Crippen LogP contribution in [0.3, 0.4) is 0 Å². The fourth-order valence-corrected chi connectivity index (χ4v) is 4.42. The number of hydrogen-bond donors (Lipinski definition) is 2. The van der Waals surface area contributed by atoms with Crippen LogP contribution in [-0.4, -0.2) is 57.9 Å². The van der Waals surface area contributed by atoms with Crippen molar-refractivity contribution < 1.29 is 9.84 Å². The van der Waals surface area contributed by atoms with Crippen LogP contribution in [-0.2, 0) is 0 Å². The summed E-state index contributed by atoms with van der Waals surface area (Å²) in [6, 6.07) is 6.12. The van der Waals surface area contributed by atoms with Gasteiger partial charge in [-0.3, -0.25) is 4.98 Å². The van der Waals surface area contributed by atoms with Gasteiger partial charge in [-0.2, -0.15) is 0 Å². The Morgan fingerprint density at radius 2 is 1.87 bits per heavy atom. The summed E-state index contributed by atoms with van der Waals surface area (Å²) in [6.07, 6.45) is 9.33. The molecule has 0 bridgehead atoms. The Morgan fingerprint density at radius 1 is 1.13 bits per heavy atom. The molecule has 2 fully saturated rings. The van der Waals surface area contributed by atoms with Crippen molar-refractivity contribution in [3.63, 3.8) is 0 Å². The maximum absolute atomic E-state index is 10.2. The van der Waals surface area contributed by atoms with Gasteiger partial charge in [0.05, 0.1) is 17.5 Å². The molecule has 2 aliphatic rings. The van der Waals surface area contributed by atoms with Crippen molar-refractivity contribution in [2.75, 3.05) is 25.5 Å². The van der Waals surface area contributed by atoms with Gasteiger partial charge in [0.2, 0.25) is 0 Å². The van der Waals surface area contributed by atoms with E-state index in [-0.39, 0.29) is 6.10 Å². The third kappa shape index (κ3) is 5.42. The minimum absolute atomic E-state index is 0.256. The van der Waals surface area contributed by atoms with Crippen molar-refractivity contribution in [3.05, 3.63) is 35.7 Å². The van der Waals surface area contributed by atoms with E-state index in [1.165, 1.54) is 0 Å². The number of ether oxygens (including phenoxy) is 1. The molecular weight excluding hydrogens is 400 g/mol. The molecule has 0 atom stereocenters. The second kappa shape index (κ2) is 9.08. The maximum atomic E-state index is 10.2. The zero-order chi connectivity index (χ0) is 21.1. The van der Waals surface area contributed by atoms with Crippen molar-refractivity contribution in [1.29, 1.82) is 0 Å². The van der Waals surface area contributed by atoms with E-state index in [2.05, 4.69) is 27.2 Å². The van der Waals surface area contributed by atoms with Gasteiger partial charge in [0.25, 0.3) is 0 Å². The summed E-state index contributed by atoms with van der Waals surface area (Å²) in [4.78, 5) is 11.2. The van der Waals surface area contributed by atoms with Crippen LogP contribution in [0.1, 0.15) is 45.4 Å². The van der Waals surface area contributed by atoms with Crippen LogP contribution in [0, 0.1) is 0 Å². The molecule has 0 amide bonds. The van der Waals surface area contributed by atoms with Crippen LogP contribution < -0.4 is 10.1 Å². The number of pyridine rings is 2. The first-order valence-corrected chi connectivity index (χ1v) is 11.2. The first-order valence-electron chi connectivity index (χ1n) is 10.8. The number of aliphatic hydroxyl groups is 1. The van der Waals surface area contributed by atoms with Crippen molar-refractivity contribution in [1.82, 2.24) is 14.9 Å². The molecule has 0 unspecified atom stereocenters. The maximum Gasteiger partial charge on any atom is 0.138 e. The van der Waals surface area contributed by atoms with Gasteiger partial charge < -0.3 is 20.1 Å². The largest absolute Gasteiger partial charge is 0.489 e. The number of rotatable bonds is 5. The average molecular weight is 431 g/mol. The molecule has 1 saturated heterocycles. The van der Waals surface area contributed by atoms with Crippen molar-refractivity contribution in [2.24, 2.45) is 0 Å². The van der Waals surface area contributed by atoms with E-state index in [1.54, 1.807) is 12.4 Å². The predicted octanol–water partition coefficient (Wildman–Crippen LogP) is 4.38. The zero-order valence-corrected chi connectivity index (χ0v) is 18.5. The van der Waals surface area contributed by atoms with E-state index in [1.807, 2.05) is 25.1 Å². The molecule has 30 heavy (non-hydrogen) atoms. The number of nitrogens with one attached hydrogen (secondary N) is 1. The number of hydrogen-bond acceptors (Lipinski definition) is 6. The van der Waals surface area contributed by atoms with Crippen LogP contribution in [0.5, 0.6) is 5.75 Å². The summed E-state index contributed by atoms with van der Waals surface area (Å²) in [6.45, 7) is 4.05. The van der Waals surface area contributed by atoms with E-state index >= 15 is 0 Å². The van der Waals surface area contributed by atoms with E-state index in [4.69, 9.17) is 16.3 Å². The van der Waals surface area contributed by atoms with E-state index in [0.717, 1.165) is 74.3 Å². The van der Waals surface area contributed by atoms with Crippen molar-refractivity contribution in [3.8, 4) is 17.0 Å². The van der Waals surface area contributed by atoms with Gasteiger partial charge >= 0.3 is 0 Å². The Balaban J connectivity index is 1.45. The van der Waals surface area contributed by atoms with E-state index < -0.39 is 5.60 Å². The zero-order valence-electron chi connectivity index (χ0n) is 17.8. The van der Waals surface area contributed by atoms with Crippen LogP contribution in [0.25, 0.3) is 11.3 Å². The Bertz CT molecular complexity index is 841. The standard InChI is InChI=1S/C23H31ClN4O2/c1-23(29)9-5-16(6-10-23)27-21-13-22(24)26-15-19(21)20-4-3-18(14-25-20)30-17-7-11-28(2)12-8-17/h3-4,13-17,29H,5-12H2,1-2H3,(H,26,27). The Labute approximate surface area is 183 Å². The molecule has 0 radical (unpaired) electrons. The smallest absolute Gasteiger partial charge is 0.138 e. The summed E-state index contributed by atoms with van der Waals surface area (Å²) in [5.74, 6) is 0.805. The molecule has 3 heterocycles. The molecule has 7 heteroatoms. The summed E-state index contributed by atoms with van der Waals surface area (Å²) in [5, 5.41) is 14.3. The topological polar surface area (TPSA) is 70.5 Å². The fraction of sp³-hybridized carbons (Fsp3) is 0.565. The number of halogens is 1. The molecule has 1 aliphatic carbocycles. The molecule has 6 nitrogen and oxygen atoms in total. The number of aromatic nitrogens is 2. The highest BCUT2D eigenvalue weighted by atomic mass is 35.5. The molecule has 162 valence electrons. The van der Waals surface area contributed by atoms with Gasteiger partial charge in [0.1, 0.15) is 17.0 Å². The molecule has 4 rings (SSSR count). The molecule has 1 saturated carbocycles. The fourth-order valence-electron chi connectivity index (χ4n) is 4.26. The second-order valence-electron chi connectivity index (χ2n) is 8.97. The lowest BCUT2D eigenvalue weighted by atomic mass is 9.83. The number of piperidine rings is 1. The Morgan fingerprint density at radius 3 is 2.53 bits per heavy atom.